The summed E-state index contributed by atoms with van der Waals surface area (Å²) in [7, 11) is 0. The van der Waals surface area contributed by atoms with Gasteiger partial charge in [0.15, 0.2) is 12.5 Å². The Hall–Kier alpha value is -2.47. The molecule has 1 amide bonds. The lowest BCUT2D eigenvalue weighted by atomic mass is 9.95. The molecule has 26 heavy (non-hydrogen) atoms. The molecule has 6 heteroatoms. The summed E-state index contributed by atoms with van der Waals surface area (Å²) in [5.74, 6) is -0.0616. The molecule has 0 aromatic carbocycles. The molecule has 6 nitrogen and oxygen atoms in total. The number of allylic oxidation sites excluding steroid dienone is 2. The topological polar surface area (TPSA) is 71.5 Å². The molecule has 1 fully saturated rings. The second-order valence-electron chi connectivity index (χ2n) is 7.22. The first-order chi connectivity index (χ1) is 12.6. The van der Waals surface area contributed by atoms with Crippen molar-refractivity contribution in [3.63, 3.8) is 0 Å². The Morgan fingerprint density at radius 2 is 2.23 bits per heavy atom. The lowest BCUT2D eigenvalue weighted by Gasteiger charge is -2.37. The van der Waals surface area contributed by atoms with Crippen LogP contribution in [-0.4, -0.2) is 40.5 Å². The number of dihydropyridines is 1. The van der Waals surface area contributed by atoms with Crippen LogP contribution in [-0.2, 0) is 11.3 Å². The molecule has 1 N–H and O–H groups in total. The number of aldehydes is 1. The van der Waals surface area contributed by atoms with Crippen molar-refractivity contribution in [3.8, 4) is 0 Å². The van der Waals surface area contributed by atoms with Crippen LogP contribution in [0.2, 0.25) is 0 Å². The number of carbonyl (C=O) groups excluding carboxylic acids is 2. The zero-order valence-corrected chi connectivity index (χ0v) is 15.1. The third-order valence-electron chi connectivity index (χ3n) is 5.51. The molecule has 2 unspecified atom stereocenters. The van der Waals surface area contributed by atoms with Gasteiger partial charge in [-0.05, 0) is 44.7 Å². The Morgan fingerprint density at radius 1 is 1.42 bits per heavy atom. The maximum atomic E-state index is 12.9. The summed E-state index contributed by atoms with van der Waals surface area (Å²) in [4.78, 5) is 30.1. The molecule has 1 saturated carbocycles. The number of carbonyl (C=O) groups is 2. The Kier molecular flexibility index (Phi) is 4.36. The molecule has 3 heterocycles. The van der Waals surface area contributed by atoms with Crippen LogP contribution < -0.4 is 5.32 Å². The van der Waals surface area contributed by atoms with E-state index in [1.54, 1.807) is 11.0 Å². The zero-order valence-electron chi connectivity index (χ0n) is 15.1. The van der Waals surface area contributed by atoms with Gasteiger partial charge in [-0.2, -0.15) is 0 Å². The van der Waals surface area contributed by atoms with Crippen LogP contribution in [0.1, 0.15) is 59.5 Å². The number of rotatable bonds is 5. The highest BCUT2D eigenvalue weighted by molar-refractivity contribution is 6.00. The molecule has 2 atom stereocenters. The highest BCUT2D eigenvalue weighted by Crippen LogP contribution is 2.32. The van der Waals surface area contributed by atoms with Gasteiger partial charge in [0.05, 0.1) is 12.1 Å². The number of fused-ring (bicyclic) bond motifs is 1. The van der Waals surface area contributed by atoms with E-state index < -0.39 is 0 Å². The lowest BCUT2D eigenvalue weighted by Crippen LogP contribution is -2.45. The molecule has 3 aliphatic rings. The SMILES string of the molecule is CC1=CNC(OC2CCC2)C(C(C)N2Cc3c(ccnc3C=O)C2=O)=C1. The number of nitrogens with one attached hydrogen (secondary N) is 1. The maximum Gasteiger partial charge on any atom is 0.255 e. The number of ether oxygens (including phenoxy) is 1. The van der Waals surface area contributed by atoms with Crippen LogP contribution in [0.3, 0.4) is 0 Å². The third-order valence-corrected chi connectivity index (χ3v) is 5.51. The second kappa shape index (κ2) is 6.68. The van der Waals surface area contributed by atoms with Crippen molar-refractivity contribution in [3.05, 3.63) is 52.5 Å². The first-order valence-corrected chi connectivity index (χ1v) is 9.12. The summed E-state index contributed by atoms with van der Waals surface area (Å²) in [5.41, 5.74) is 3.77. The summed E-state index contributed by atoms with van der Waals surface area (Å²) in [6, 6.07) is 1.55. The summed E-state index contributed by atoms with van der Waals surface area (Å²) < 4.78 is 6.20. The summed E-state index contributed by atoms with van der Waals surface area (Å²) in [6.45, 7) is 4.43. The molecular formula is C20H23N3O3. The van der Waals surface area contributed by atoms with Crippen molar-refractivity contribution in [2.75, 3.05) is 0 Å². The molecule has 2 aliphatic heterocycles. The monoisotopic (exact) mass is 353 g/mol. The van der Waals surface area contributed by atoms with E-state index in [1.807, 2.05) is 20.0 Å². The van der Waals surface area contributed by atoms with E-state index in [2.05, 4.69) is 16.4 Å². The highest BCUT2D eigenvalue weighted by atomic mass is 16.5. The Labute approximate surface area is 152 Å². The number of aromatic nitrogens is 1. The van der Waals surface area contributed by atoms with Crippen molar-refractivity contribution in [1.82, 2.24) is 15.2 Å². The second-order valence-corrected chi connectivity index (χ2v) is 7.22. The maximum absolute atomic E-state index is 12.9. The summed E-state index contributed by atoms with van der Waals surface area (Å²) in [5, 5.41) is 3.32. The van der Waals surface area contributed by atoms with E-state index >= 15 is 0 Å². The van der Waals surface area contributed by atoms with Gasteiger partial charge in [0, 0.05) is 35.6 Å². The van der Waals surface area contributed by atoms with Crippen LogP contribution in [0, 0.1) is 0 Å². The van der Waals surface area contributed by atoms with Crippen molar-refractivity contribution in [1.29, 1.82) is 0 Å². The quantitative estimate of drug-likeness (QED) is 0.824. The minimum atomic E-state index is -0.223. The zero-order chi connectivity index (χ0) is 18.3. The van der Waals surface area contributed by atoms with E-state index in [4.69, 9.17) is 4.74 Å². The Bertz CT molecular complexity index is 811. The fourth-order valence-corrected chi connectivity index (χ4v) is 3.71. The molecule has 1 aromatic heterocycles. The molecular weight excluding hydrogens is 330 g/mol. The molecule has 136 valence electrons. The first kappa shape index (κ1) is 17.0. The summed E-state index contributed by atoms with van der Waals surface area (Å²) >= 11 is 0. The number of hydrogen-bond donors (Lipinski definition) is 1. The van der Waals surface area contributed by atoms with E-state index in [9.17, 15) is 9.59 Å². The highest BCUT2D eigenvalue weighted by Gasteiger charge is 2.37. The Morgan fingerprint density at radius 3 is 2.92 bits per heavy atom. The van der Waals surface area contributed by atoms with Gasteiger partial charge in [-0.15, -0.1) is 0 Å². The molecule has 0 spiro atoms. The van der Waals surface area contributed by atoms with Gasteiger partial charge in [-0.3, -0.25) is 14.6 Å². The fraction of sp³-hybridized carbons (Fsp3) is 0.450. The van der Waals surface area contributed by atoms with Gasteiger partial charge in [0.2, 0.25) is 0 Å². The molecule has 4 rings (SSSR count). The largest absolute Gasteiger partial charge is 0.362 e. The van der Waals surface area contributed by atoms with Crippen LogP contribution in [0.5, 0.6) is 0 Å². The summed E-state index contributed by atoms with van der Waals surface area (Å²) in [6.07, 6.45) is 9.74. The number of nitrogens with zero attached hydrogens (tertiary/aromatic N) is 2. The van der Waals surface area contributed by atoms with Gasteiger partial charge in [0.25, 0.3) is 5.91 Å². The third kappa shape index (κ3) is 2.84. The molecule has 0 radical (unpaired) electrons. The molecule has 0 saturated heterocycles. The minimum Gasteiger partial charge on any atom is -0.362 e. The van der Waals surface area contributed by atoms with E-state index in [0.717, 1.165) is 30.3 Å². The van der Waals surface area contributed by atoms with Crippen molar-refractivity contribution in [2.24, 2.45) is 0 Å². The van der Waals surface area contributed by atoms with Crippen molar-refractivity contribution >= 4 is 12.2 Å². The average molecular weight is 353 g/mol. The van der Waals surface area contributed by atoms with Gasteiger partial charge < -0.3 is 15.0 Å². The van der Waals surface area contributed by atoms with Crippen LogP contribution in [0.4, 0.5) is 0 Å². The fourth-order valence-electron chi connectivity index (χ4n) is 3.71. The molecule has 1 aromatic rings. The van der Waals surface area contributed by atoms with E-state index in [-0.39, 0.29) is 24.3 Å². The average Bonchev–Trinajstić information content (AvgIpc) is 2.95. The Balaban J connectivity index is 1.59. The first-order valence-electron chi connectivity index (χ1n) is 9.12. The van der Waals surface area contributed by atoms with Crippen LogP contribution in [0.15, 0.2) is 35.7 Å². The number of pyridine rings is 1. The normalized spacial score (nSPS) is 23.5. The lowest BCUT2D eigenvalue weighted by molar-refractivity contribution is -0.0485. The smallest absolute Gasteiger partial charge is 0.255 e. The molecule has 1 aliphatic carbocycles. The van der Waals surface area contributed by atoms with Gasteiger partial charge in [-0.25, -0.2) is 0 Å². The van der Waals surface area contributed by atoms with Crippen molar-refractivity contribution < 1.29 is 14.3 Å². The van der Waals surface area contributed by atoms with Crippen molar-refractivity contribution in [2.45, 2.75) is 58.0 Å². The molecule has 0 bridgehead atoms. The minimum absolute atomic E-state index is 0.0616. The number of amides is 1. The van der Waals surface area contributed by atoms with E-state index in [1.165, 1.54) is 12.6 Å². The number of hydrogen-bond acceptors (Lipinski definition) is 5. The van der Waals surface area contributed by atoms with Gasteiger partial charge >= 0.3 is 0 Å². The standard InChI is InChI=1S/C20H23N3O3/c1-12-8-16(19(22-9-12)26-14-4-3-5-14)13(2)23-10-17-15(20(23)25)6-7-21-18(17)11-24/h6-9,11,13-14,19,22H,3-5,10H2,1-2H3. The predicted molar refractivity (Wildman–Crippen MR) is 96.4 cm³/mol. The van der Waals surface area contributed by atoms with Crippen LogP contribution in [0.25, 0.3) is 0 Å². The predicted octanol–water partition coefficient (Wildman–Crippen LogP) is 2.57. The van der Waals surface area contributed by atoms with Gasteiger partial charge in [-0.1, -0.05) is 6.08 Å². The van der Waals surface area contributed by atoms with Crippen LogP contribution >= 0.6 is 0 Å². The van der Waals surface area contributed by atoms with E-state index in [0.29, 0.717) is 23.4 Å². The van der Waals surface area contributed by atoms with Gasteiger partial charge in [0.1, 0.15) is 5.69 Å².